The minimum Gasteiger partial charge on any atom is -0.207 e. The first-order valence-electron chi connectivity index (χ1n) is 10.0. The Labute approximate surface area is 176 Å². The lowest BCUT2D eigenvalue weighted by Crippen LogP contribution is -2.39. The molecular weight excluding hydrogens is 404 g/mol. The van der Waals surface area contributed by atoms with Crippen molar-refractivity contribution in [3.8, 4) is 0 Å². The maximum absolute atomic E-state index is 13.5. The molecule has 1 aliphatic heterocycles. The predicted molar refractivity (Wildman–Crippen MR) is 113 cm³/mol. The number of rotatable bonds is 5. The Kier molecular flexibility index (Phi) is 5.97. The zero-order valence-corrected chi connectivity index (χ0v) is 17.2. The quantitative estimate of drug-likeness (QED) is 0.561. The van der Waals surface area contributed by atoms with Gasteiger partial charge in [-0.1, -0.05) is 42.5 Å². The number of piperidine rings is 1. The fourth-order valence-electron chi connectivity index (χ4n) is 4.27. The van der Waals surface area contributed by atoms with Gasteiger partial charge in [0.05, 0.1) is 4.90 Å². The van der Waals surface area contributed by atoms with Gasteiger partial charge in [0.15, 0.2) is 0 Å². The fraction of sp³-hybridized carbons (Fsp3) is 0.250. The number of hydrogen-bond acceptors (Lipinski definition) is 2. The minimum atomic E-state index is -3.52. The third-order valence-electron chi connectivity index (χ3n) is 5.81. The van der Waals surface area contributed by atoms with E-state index in [0.29, 0.717) is 30.8 Å². The van der Waals surface area contributed by atoms with Crippen molar-refractivity contribution < 1.29 is 17.2 Å². The van der Waals surface area contributed by atoms with Gasteiger partial charge in [0, 0.05) is 19.0 Å². The van der Waals surface area contributed by atoms with E-state index >= 15 is 0 Å². The van der Waals surface area contributed by atoms with E-state index < -0.39 is 10.0 Å². The van der Waals surface area contributed by atoms with E-state index in [1.807, 2.05) is 0 Å². The molecule has 0 unspecified atom stereocenters. The highest BCUT2D eigenvalue weighted by atomic mass is 32.2. The van der Waals surface area contributed by atoms with E-state index in [1.54, 1.807) is 54.6 Å². The molecule has 1 saturated heterocycles. The Morgan fingerprint density at radius 1 is 0.733 bits per heavy atom. The molecule has 1 aliphatic rings. The molecule has 156 valence electrons. The molecule has 0 aliphatic carbocycles. The van der Waals surface area contributed by atoms with Crippen molar-refractivity contribution in [3.05, 3.63) is 102 Å². The second-order valence-corrected chi connectivity index (χ2v) is 9.57. The number of hydrogen-bond donors (Lipinski definition) is 0. The molecule has 0 radical (unpaired) electrons. The highest BCUT2D eigenvalue weighted by Crippen LogP contribution is 2.39. The summed E-state index contributed by atoms with van der Waals surface area (Å²) in [7, 11) is -3.52. The Morgan fingerprint density at radius 3 is 1.67 bits per heavy atom. The second-order valence-electron chi connectivity index (χ2n) is 7.64. The third kappa shape index (κ3) is 4.30. The van der Waals surface area contributed by atoms with Gasteiger partial charge in [-0.25, -0.2) is 17.2 Å². The lowest BCUT2D eigenvalue weighted by atomic mass is 9.76. The summed E-state index contributed by atoms with van der Waals surface area (Å²) in [5.41, 5.74) is 1.90. The molecule has 1 fully saturated rings. The number of benzene rings is 3. The smallest absolute Gasteiger partial charge is 0.207 e. The number of nitrogens with zero attached hydrogens (tertiary/aromatic N) is 1. The Hall–Kier alpha value is -2.57. The summed E-state index contributed by atoms with van der Waals surface area (Å²) in [5.74, 6) is -0.489. The zero-order chi connectivity index (χ0) is 21.1. The van der Waals surface area contributed by atoms with Crippen LogP contribution in [0.15, 0.2) is 83.8 Å². The third-order valence-corrected chi connectivity index (χ3v) is 7.72. The molecule has 0 amide bonds. The van der Waals surface area contributed by atoms with Crippen LogP contribution in [0.3, 0.4) is 0 Å². The molecular formula is C24H23F2NO2S. The molecule has 30 heavy (non-hydrogen) atoms. The lowest BCUT2D eigenvalue weighted by Gasteiger charge is -2.36. The molecule has 0 N–H and O–H groups in total. The average molecular weight is 428 g/mol. The van der Waals surface area contributed by atoms with Crippen molar-refractivity contribution in [2.24, 2.45) is 5.92 Å². The van der Waals surface area contributed by atoms with Crippen LogP contribution in [0.4, 0.5) is 8.78 Å². The summed E-state index contributed by atoms with van der Waals surface area (Å²) in [6.45, 7) is 0.835. The second kappa shape index (κ2) is 8.66. The molecule has 3 nitrogen and oxygen atoms in total. The summed E-state index contributed by atoms with van der Waals surface area (Å²) in [6.07, 6.45) is 1.34. The molecule has 0 aromatic heterocycles. The van der Waals surface area contributed by atoms with Crippen molar-refractivity contribution in [3.63, 3.8) is 0 Å². The SMILES string of the molecule is O=S(=O)(c1ccccc1)N1CCC(C(c2ccc(F)cc2)c2ccc(F)cc2)CC1. The molecule has 0 atom stereocenters. The topological polar surface area (TPSA) is 37.4 Å². The first kappa shape index (κ1) is 20.7. The normalized spacial score (nSPS) is 16.1. The summed E-state index contributed by atoms with van der Waals surface area (Å²) < 4.78 is 54.3. The van der Waals surface area contributed by atoms with E-state index in [9.17, 15) is 17.2 Å². The Balaban J connectivity index is 1.58. The van der Waals surface area contributed by atoms with Crippen molar-refractivity contribution in [1.29, 1.82) is 0 Å². The summed E-state index contributed by atoms with van der Waals surface area (Å²) in [6, 6.07) is 21.2. The van der Waals surface area contributed by atoms with Crippen LogP contribution in [-0.2, 0) is 10.0 Å². The zero-order valence-electron chi connectivity index (χ0n) is 16.4. The molecule has 0 saturated carbocycles. The number of halogens is 2. The molecule has 3 aromatic carbocycles. The van der Waals surface area contributed by atoms with Crippen LogP contribution in [0.25, 0.3) is 0 Å². The van der Waals surface area contributed by atoms with Gasteiger partial charge in [-0.2, -0.15) is 4.31 Å². The van der Waals surface area contributed by atoms with Crippen LogP contribution in [0.1, 0.15) is 29.9 Å². The standard InChI is InChI=1S/C24H23F2NO2S/c25-21-10-6-18(7-11-21)24(19-8-12-22(26)13-9-19)20-14-16-27(17-15-20)30(28,29)23-4-2-1-3-5-23/h1-13,20,24H,14-17H2. The molecule has 4 rings (SSSR count). The van der Waals surface area contributed by atoms with Crippen molar-refractivity contribution >= 4 is 10.0 Å². The van der Waals surface area contributed by atoms with Crippen molar-refractivity contribution in [2.45, 2.75) is 23.7 Å². The van der Waals surface area contributed by atoms with Gasteiger partial charge in [-0.3, -0.25) is 0 Å². The van der Waals surface area contributed by atoms with E-state index in [2.05, 4.69) is 0 Å². The molecule has 0 bridgehead atoms. The highest BCUT2D eigenvalue weighted by molar-refractivity contribution is 7.89. The fourth-order valence-corrected chi connectivity index (χ4v) is 5.76. The van der Waals surface area contributed by atoms with Crippen LogP contribution >= 0.6 is 0 Å². The van der Waals surface area contributed by atoms with E-state index in [-0.39, 0.29) is 23.5 Å². The van der Waals surface area contributed by atoms with Gasteiger partial charge in [0.25, 0.3) is 0 Å². The van der Waals surface area contributed by atoms with Crippen molar-refractivity contribution in [1.82, 2.24) is 4.31 Å². The predicted octanol–water partition coefficient (Wildman–Crippen LogP) is 5.20. The van der Waals surface area contributed by atoms with Gasteiger partial charge in [0.1, 0.15) is 11.6 Å². The Morgan fingerprint density at radius 2 is 1.20 bits per heavy atom. The lowest BCUT2D eigenvalue weighted by molar-refractivity contribution is 0.256. The van der Waals surface area contributed by atoms with Crippen LogP contribution in [0.5, 0.6) is 0 Å². The molecule has 1 heterocycles. The van der Waals surface area contributed by atoms with Crippen LogP contribution in [0.2, 0.25) is 0 Å². The summed E-state index contributed by atoms with van der Waals surface area (Å²) in [5, 5.41) is 0. The van der Waals surface area contributed by atoms with E-state index in [1.165, 1.54) is 28.6 Å². The average Bonchev–Trinajstić information content (AvgIpc) is 2.77. The van der Waals surface area contributed by atoms with Gasteiger partial charge in [-0.15, -0.1) is 0 Å². The molecule has 6 heteroatoms. The summed E-state index contributed by atoms with van der Waals surface area (Å²) in [4.78, 5) is 0.303. The highest BCUT2D eigenvalue weighted by Gasteiger charge is 2.33. The van der Waals surface area contributed by atoms with E-state index in [0.717, 1.165) is 11.1 Å². The first-order valence-corrected chi connectivity index (χ1v) is 11.5. The molecule has 3 aromatic rings. The first-order chi connectivity index (χ1) is 14.4. The van der Waals surface area contributed by atoms with Crippen LogP contribution in [0, 0.1) is 17.6 Å². The largest absolute Gasteiger partial charge is 0.243 e. The van der Waals surface area contributed by atoms with Crippen LogP contribution in [-0.4, -0.2) is 25.8 Å². The van der Waals surface area contributed by atoms with Crippen LogP contribution < -0.4 is 0 Å². The minimum absolute atomic E-state index is 0.0484. The van der Waals surface area contributed by atoms with Gasteiger partial charge in [0.2, 0.25) is 10.0 Å². The summed E-state index contributed by atoms with van der Waals surface area (Å²) >= 11 is 0. The monoisotopic (exact) mass is 427 g/mol. The van der Waals surface area contributed by atoms with Gasteiger partial charge < -0.3 is 0 Å². The van der Waals surface area contributed by atoms with Gasteiger partial charge in [-0.05, 0) is 66.3 Å². The van der Waals surface area contributed by atoms with Gasteiger partial charge >= 0.3 is 0 Å². The van der Waals surface area contributed by atoms with Crippen molar-refractivity contribution in [2.75, 3.05) is 13.1 Å². The Bertz CT molecular complexity index is 1030. The van der Waals surface area contributed by atoms with E-state index in [4.69, 9.17) is 0 Å². The maximum Gasteiger partial charge on any atom is 0.243 e. The maximum atomic E-state index is 13.5. The molecule has 0 spiro atoms. The number of sulfonamides is 1.